The Bertz CT molecular complexity index is 867. The molecule has 1 amide bonds. The first kappa shape index (κ1) is 23.3. The maximum atomic E-state index is 11.5. The Balaban J connectivity index is 0.000000307. The number of carbonyl (C=O) groups excluding carboxylic acids is 2. The van der Waals surface area contributed by atoms with E-state index < -0.39 is 28.0 Å². The Morgan fingerprint density at radius 1 is 1.11 bits per heavy atom. The molecule has 0 aliphatic heterocycles. The van der Waals surface area contributed by atoms with E-state index in [2.05, 4.69) is 5.73 Å². The minimum Gasteiger partial charge on any atom is -0.744 e. The van der Waals surface area contributed by atoms with E-state index in [1.165, 1.54) is 12.1 Å². The Labute approximate surface area is 164 Å². The molecule has 2 aromatic carbocycles. The monoisotopic (exact) mass is 408 g/mol. The minimum atomic E-state index is -4.27. The number of amides is 1. The molecule has 0 bridgehead atoms. The van der Waals surface area contributed by atoms with Crippen LogP contribution in [0.1, 0.15) is 24.0 Å². The number of ether oxygens (including phenoxy) is 1. The third kappa shape index (κ3) is 9.26. The first-order chi connectivity index (χ1) is 13.1. The number of nitrogens with two attached hydrogens (primary N) is 1. The molecule has 0 aliphatic carbocycles. The molecule has 0 radical (unpaired) electrons. The van der Waals surface area contributed by atoms with Gasteiger partial charge in [0.05, 0.1) is 4.90 Å². The molecule has 0 fully saturated rings. The fourth-order valence-corrected chi connectivity index (χ4v) is 2.46. The van der Waals surface area contributed by atoms with Crippen LogP contribution in [0.3, 0.4) is 0 Å². The quantitative estimate of drug-likeness (QED) is 0.502. The van der Waals surface area contributed by atoms with Crippen LogP contribution in [0.5, 0.6) is 0 Å². The third-order valence-corrected chi connectivity index (χ3v) is 4.46. The highest BCUT2D eigenvalue weighted by Crippen LogP contribution is 2.08. The van der Waals surface area contributed by atoms with Crippen LogP contribution in [-0.2, 0) is 31.1 Å². The van der Waals surface area contributed by atoms with Gasteiger partial charge in [0.2, 0.25) is 5.91 Å². The minimum absolute atomic E-state index is 0.147. The summed E-state index contributed by atoms with van der Waals surface area (Å²) in [6.45, 7) is 2.05. The zero-order valence-corrected chi connectivity index (χ0v) is 16.4. The summed E-state index contributed by atoms with van der Waals surface area (Å²) in [5, 5.41) is 0. The summed E-state index contributed by atoms with van der Waals surface area (Å²) in [6.07, 6.45) is 0.470. The van der Waals surface area contributed by atoms with Crippen molar-refractivity contribution < 1.29 is 33.0 Å². The molecule has 8 nitrogen and oxygen atoms in total. The van der Waals surface area contributed by atoms with Gasteiger partial charge >= 0.3 is 5.97 Å². The number of hydrogen-bond donors (Lipinski definition) is 2. The number of primary amides is 1. The summed E-state index contributed by atoms with van der Waals surface area (Å²) in [7, 11) is -4.27. The summed E-state index contributed by atoms with van der Waals surface area (Å²) in [5.41, 5.74) is 10.5. The lowest BCUT2D eigenvalue weighted by Crippen LogP contribution is -2.65. The summed E-state index contributed by atoms with van der Waals surface area (Å²) in [6, 6.07) is 14.6. The Kier molecular flexibility index (Phi) is 9.29. The zero-order chi connectivity index (χ0) is 21.2. The number of hydrogen-bond acceptors (Lipinski definition) is 6. The van der Waals surface area contributed by atoms with Crippen molar-refractivity contribution in [2.24, 2.45) is 5.73 Å². The van der Waals surface area contributed by atoms with Gasteiger partial charge in [0.25, 0.3) is 0 Å². The van der Waals surface area contributed by atoms with Gasteiger partial charge in [0, 0.05) is 12.8 Å². The summed E-state index contributed by atoms with van der Waals surface area (Å²) in [5.74, 6) is -0.843. The number of aryl methyl sites for hydroxylation is 1. The van der Waals surface area contributed by atoms with E-state index in [0.29, 0.717) is 6.42 Å². The van der Waals surface area contributed by atoms with Crippen LogP contribution in [0.15, 0.2) is 59.5 Å². The van der Waals surface area contributed by atoms with Gasteiger partial charge in [0.15, 0.2) is 6.04 Å². The van der Waals surface area contributed by atoms with Crippen LogP contribution in [0.25, 0.3) is 0 Å². The topological polar surface area (TPSA) is 154 Å². The molecule has 9 heteroatoms. The van der Waals surface area contributed by atoms with Gasteiger partial charge in [-0.1, -0.05) is 48.0 Å². The number of esters is 1. The van der Waals surface area contributed by atoms with Crippen molar-refractivity contribution >= 4 is 22.0 Å². The Morgan fingerprint density at radius 3 is 2.18 bits per heavy atom. The van der Waals surface area contributed by atoms with Gasteiger partial charge in [-0.3, -0.25) is 4.79 Å². The molecule has 28 heavy (non-hydrogen) atoms. The lowest BCUT2D eigenvalue weighted by molar-refractivity contribution is -0.409. The molecule has 2 rings (SSSR count). The van der Waals surface area contributed by atoms with E-state index >= 15 is 0 Å². The van der Waals surface area contributed by atoms with Crippen LogP contribution in [0.2, 0.25) is 0 Å². The maximum Gasteiger partial charge on any atom is 0.365 e. The van der Waals surface area contributed by atoms with E-state index in [-0.39, 0.29) is 17.9 Å². The van der Waals surface area contributed by atoms with Crippen LogP contribution >= 0.6 is 0 Å². The summed E-state index contributed by atoms with van der Waals surface area (Å²) < 4.78 is 36.2. The smallest absolute Gasteiger partial charge is 0.365 e. The molecule has 0 saturated carbocycles. The molecule has 1 atom stereocenters. The van der Waals surface area contributed by atoms with E-state index in [1.54, 1.807) is 12.1 Å². The number of rotatable bonds is 7. The van der Waals surface area contributed by atoms with Crippen LogP contribution in [-0.4, -0.2) is 30.9 Å². The summed E-state index contributed by atoms with van der Waals surface area (Å²) in [4.78, 5) is 21.9. The van der Waals surface area contributed by atoms with E-state index in [9.17, 15) is 22.6 Å². The molecule has 0 heterocycles. The van der Waals surface area contributed by atoms with Gasteiger partial charge in [-0.25, -0.2) is 13.2 Å². The second-order valence-electron chi connectivity index (χ2n) is 6.06. The Morgan fingerprint density at radius 2 is 1.68 bits per heavy atom. The molecule has 0 spiro atoms. The van der Waals surface area contributed by atoms with Gasteiger partial charge in [-0.05, 0) is 24.6 Å². The molecule has 2 aromatic rings. The third-order valence-electron chi connectivity index (χ3n) is 3.61. The molecule has 0 saturated heterocycles. The van der Waals surface area contributed by atoms with Crippen LogP contribution < -0.4 is 11.5 Å². The van der Waals surface area contributed by atoms with Gasteiger partial charge in [-0.2, -0.15) is 0 Å². The van der Waals surface area contributed by atoms with Crippen molar-refractivity contribution in [1.82, 2.24) is 0 Å². The van der Waals surface area contributed by atoms with Gasteiger partial charge in [0.1, 0.15) is 16.7 Å². The highest BCUT2D eigenvalue weighted by molar-refractivity contribution is 7.85. The highest BCUT2D eigenvalue weighted by atomic mass is 32.2. The lowest BCUT2D eigenvalue weighted by atomic mass is 10.1. The number of carbonyl (C=O) groups is 2. The normalized spacial score (nSPS) is 11.7. The molecule has 0 unspecified atom stereocenters. The standard InChI is InChI=1S/C12H16N2O3.C7H8O3S/c13-10(6-7-11(14)15)12(16)17-8-9-4-2-1-3-5-9;1-6-2-4-7(5-3-6)11(8,9)10/h1-5,10H,6-8,13H2,(H2,14,15);2-5H,1H3,(H,8,9,10)/t10-;/m0./s1. The number of quaternary nitrogens is 1. The molecule has 0 aromatic heterocycles. The van der Waals surface area contributed by atoms with E-state index in [0.717, 1.165) is 11.1 Å². The first-order valence-corrected chi connectivity index (χ1v) is 9.85. The number of benzene rings is 2. The zero-order valence-electron chi connectivity index (χ0n) is 15.5. The fraction of sp³-hybridized carbons (Fsp3) is 0.263. The largest absolute Gasteiger partial charge is 0.744 e. The van der Waals surface area contributed by atoms with Gasteiger partial charge in [-0.15, -0.1) is 0 Å². The lowest BCUT2D eigenvalue weighted by Gasteiger charge is -2.08. The van der Waals surface area contributed by atoms with Crippen molar-refractivity contribution in [1.29, 1.82) is 0 Å². The van der Waals surface area contributed by atoms with Crippen molar-refractivity contribution in [2.75, 3.05) is 0 Å². The van der Waals surface area contributed by atoms with E-state index in [4.69, 9.17) is 10.5 Å². The predicted molar refractivity (Wildman–Crippen MR) is 100 cm³/mol. The van der Waals surface area contributed by atoms with Crippen molar-refractivity contribution in [3.05, 3.63) is 65.7 Å². The van der Waals surface area contributed by atoms with E-state index in [1.807, 2.05) is 37.3 Å². The Hall–Kier alpha value is -2.75. The van der Waals surface area contributed by atoms with Crippen molar-refractivity contribution in [2.45, 2.75) is 37.3 Å². The maximum absolute atomic E-state index is 11.5. The molecular formula is C19H24N2O6S. The molecule has 5 N–H and O–H groups in total. The summed E-state index contributed by atoms with van der Waals surface area (Å²) >= 11 is 0. The van der Waals surface area contributed by atoms with Crippen molar-refractivity contribution in [3.8, 4) is 0 Å². The van der Waals surface area contributed by atoms with Crippen LogP contribution in [0, 0.1) is 6.92 Å². The molecular weight excluding hydrogens is 384 g/mol. The average molecular weight is 408 g/mol. The second-order valence-corrected chi connectivity index (χ2v) is 7.44. The SMILES string of the molecule is Cc1ccc(S(=O)(=O)[O-])cc1.NC(=O)CC[C@H]([NH3+])C(=O)OCc1ccccc1. The molecule has 0 aliphatic rings. The van der Waals surface area contributed by atoms with Crippen molar-refractivity contribution in [3.63, 3.8) is 0 Å². The highest BCUT2D eigenvalue weighted by Gasteiger charge is 2.19. The average Bonchev–Trinajstić information content (AvgIpc) is 2.65. The van der Waals surface area contributed by atoms with Crippen LogP contribution in [0.4, 0.5) is 0 Å². The first-order valence-electron chi connectivity index (χ1n) is 8.44. The molecule has 152 valence electrons. The second kappa shape index (κ2) is 11.2. The van der Waals surface area contributed by atoms with Gasteiger partial charge < -0.3 is 20.8 Å². The predicted octanol–water partition coefficient (Wildman–Crippen LogP) is 0.505. The fourth-order valence-electron chi connectivity index (χ4n) is 1.99.